The predicted molar refractivity (Wildman–Crippen MR) is 266 cm³/mol. The molecule has 0 saturated heterocycles. The van der Waals surface area contributed by atoms with Gasteiger partial charge in [-0.05, 0) is 118 Å². The van der Waals surface area contributed by atoms with E-state index in [1.54, 1.807) is 0 Å². The molecule has 1 aromatic heterocycles. The number of allylic oxidation sites excluding steroid dienone is 2. The molecule has 2 aliphatic carbocycles. The summed E-state index contributed by atoms with van der Waals surface area (Å²) in [5.74, 6) is 0.330. The highest BCUT2D eigenvalue weighted by molar-refractivity contribution is 6.09. The maximum Gasteiger partial charge on any atom is 0.0714 e. The van der Waals surface area contributed by atoms with Crippen molar-refractivity contribution in [3.63, 3.8) is 0 Å². The summed E-state index contributed by atoms with van der Waals surface area (Å²) >= 11 is 0. The minimum atomic E-state index is -0.512. The Hall–Kier alpha value is -8.14. The van der Waals surface area contributed by atoms with Gasteiger partial charge in [0.15, 0.2) is 0 Å². The summed E-state index contributed by atoms with van der Waals surface area (Å²) in [6.07, 6.45) is 9.07. The fourth-order valence-electron chi connectivity index (χ4n) is 11.3. The monoisotopic (exact) mass is 817 g/mol. The standard InChI is InChI=1S/C61H43N3/c1-2-17-42(18-3-1)61(55-27-10-4-21-49(55)50-22-5-11-28-56(50)61)43-19-16-20-48(41-43)62(44-33-37-46(38-34-44)63-57-29-12-6-23-51(57)52-24-7-13-30-58(52)63)45-35-39-47(40-36-45)64-59-31-14-8-25-53(59)54-26-9-15-32-60(54)64/h1-41,51,57H. The number of para-hydroxylation sites is 3. The minimum Gasteiger partial charge on any atom is -0.333 e. The average molecular weight is 818 g/mol. The Bertz CT molecular complexity index is 3370. The van der Waals surface area contributed by atoms with Crippen LogP contribution >= 0.6 is 0 Å². The van der Waals surface area contributed by atoms with E-state index in [1.807, 2.05) is 0 Å². The second kappa shape index (κ2) is 14.5. The van der Waals surface area contributed by atoms with Gasteiger partial charge in [0.05, 0.1) is 22.5 Å². The lowest BCUT2D eigenvalue weighted by Crippen LogP contribution is -2.29. The average Bonchev–Trinajstić information content (AvgIpc) is 4.00. The molecule has 10 aromatic rings. The van der Waals surface area contributed by atoms with Gasteiger partial charge >= 0.3 is 0 Å². The molecule has 64 heavy (non-hydrogen) atoms. The molecule has 9 aromatic carbocycles. The Morgan fingerprint density at radius 3 is 1.64 bits per heavy atom. The Kier molecular flexibility index (Phi) is 8.26. The molecule has 1 aliphatic heterocycles. The largest absolute Gasteiger partial charge is 0.333 e. The lowest BCUT2D eigenvalue weighted by molar-refractivity contribution is 0.745. The zero-order valence-corrected chi connectivity index (χ0v) is 35.2. The van der Waals surface area contributed by atoms with Gasteiger partial charge in [-0.2, -0.15) is 0 Å². The van der Waals surface area contributed by atoms with Crippen LogP contribution in [0, 0.1) is 0 Å². The quantitative estimate of drug-likeness (QED) is 0.159. The van der Waals surface area contributed by atoms with Gasteiger partial charge in [-0.15, -0.1) is 0 Å². The fraction of sp³-hybridized carbons (Fsp3) is 0.0492. The van der Waals surface area contributed by atoms with Crippen molar-refractivity contribution in [2.24, 2.45) is 0 Å². The van der Waals surface area contributed by atoms with E-state index in [0.717, 1.165) is 22.7 Å². The Morgan fingerprint density at radius 1 is 0.406 bits per heavy atom. The van der Waals surface area contributed by atoms with Crippen molar-refractivity contribution in [1.82, 2.24) is 4.57 Å². The zero-order chi connectivity index (χ0) is 42.2. The third-order valence-corrected chi connectivity index (χ3v) is 14.0. The SMILES string of the molecule is C1=CC2c3ccccc3N(c3ccc(N(c4ccc(-n5c6ccccc6c6ccccc65)cc4)c4cccc(C5(c6ccccc6)c6ccccc6-c6ccccc65)c4)cc3)C2C=C1. The number of hydrogen-bond acceptors (Lipinski definition) is 2. The van der Waals surface area contributed by atoms with E-state index in [1.165, 1.54) is 72.1 Å². The first-order valence-corrected chi connectivity index (χ1v) is 22.3. The number of aromatic nitrogens is 1. The van der Waals surface area contributed by atoms with Gasteiger partial charge in [0.2, 0.25) is 0 Å². The first kappa shape index (κ1) is 36.5. The second-order valence-corrected chi connectivity index (χ2v) is 17.2. The molecule has 13 rings (SSSR count). The summed E-state index contributed by atoms with van der Waals surface area (Å²) in [5, 5.41) is 2.52. The van der Waals surface area contributed by atoms with Gasteiger partial charge in [0.1, 0.15) is 0 Å². The molecule has 2 unspecified atom stereocenters. The first-order chi connectivity index (χ1) is 31.8. The highest BCUT2D eigenvalue weighted by atomic mass is 15.2. The summed E-state index contributed by atoms with van der Waals surface area (Å²) in [6, 6.07) is 83.2. The van der Waals surface area contributed by atoms with Gasteiger partial charge < -0.3 is 14.4 Å². The molecule has 3 heteroatoms. The van der Waals surface area contributed by atoms with E-state index in [-0.39, 0.29) is 6.04 Å². The predicted octanol–water partition coefficient (Wildman–Crippen LogP) is 15.3. The van der Waals surface area contributed by atoms with E-state index in [4.69, 9.17) is 0 Å². The van der Waals surface area contributed by atoms with Crippen molar-refractivity contribution in [3.8, 4) is 16.8 Å². The molecule has 3 aliphatic rings. The smallest absolute Gasteiger partial charge is 0.0714 e. The molecule has 0 radical (unpaired) electrons. The number of fused-ring (bicyclic) bond motifs is 9. The van der Waals surface area contributed by atoms with Crippen LogP contribution in [0.3, 0.4) is 0 Å². The molecule has 0 amide bonds. The zero-order valence-electron chi connectivity index (χ0n) is 35.2. The Morgan fingerprint density at radius 2 is 0.953 bits per heavy atom. The maximum atomic E-state index is 2.51. The number of anilines is 5. The van der Waals surface area contributed by atoms with Crippen LogP contribution < -0.4 is 9.80 Å². The number of benzene rings is 9. The Labute approximate surface area is 373 Å². The van der Waals surface area contributed by atoms with Crippen molar-refractivity contribution < 1.29 is 0 Å². The highest BCUT2D eigenvalue weighted by Crippen LogP contribution is 2.57. The van der Waals surface area contributed by atoms with Crippen molar-refractivity contribution >= 4 is 50.2 Å². The second-order valence-electron chi connectivity index (χ2n) is 17.2. The van der Waals surface area contributed by atoms with Gasteiger partial charge in [-0.3, -0.25) is 0 Å². The molecular weight excluding hydrogens is 775 g/mol. The first-order valence-electron chi connectivity index (χ1n) is 22.3. The maximum absolute atomic E-state index is 2.51. The van der Waals surface area contributed by atoms with Crippen LogP contribution in [0.5, 0.6) is 0 Å². The minimum absolute atomic E-state index is 0.237. The third-order valence-electron chi connectivity index (χ3n) is 14.0. The van der Waals surface area contributed by atoms with E-state index in [2.05, 4.69) is 263 Å². The molecule has 0 N–H and O–H groups in total. The van der Waals surface area contributed by atoms with Crippen LogP contribution in [-0.2, 0) is 5.41 Å². The highest BCUT2D eigenvalue weighted by Gasteiger charge is 2.46. The van der Waals surface area contributed by atoms with E-state index in [9.17, 15) is 0 Å². The van der Waals surface area contributed by atoms with Crippen molar-refractivity contribution in [1.29, 1.82) is 0 Å². The summed E-state index contributed by atoms with van der Waals surface area (Å²) in [6.45, 7) is 0. The molecule has 0 bridgehead atoms. The summed E-state index contributed by atoms with van der Waals surface area (Å²) in [4.78, 5) is 4.94. The molecule has 2 heterocycles. The van der Waals surface area contributed by atoms with Gasteiger partial charge in [-0.25, -0.2) is 0 Å². The third kappa shape index (κ3) is 5.34. The molecule has 2 atom stereocenters. The van der Waals surface area contributed by atoms with E-state index in [0.29, 0.717) is 5.92 Å². The van der Waals surface area contributed by atoms with Gasteiger partial charge in [0.25, 0.3) is 0 Å². The van der Waals surface area contributed by atoms with Crippen molar-refractivity contribution in [2.45, 2.75) is 17.4 Å². The van der Waals surface area contributed by atoms with E-state index >= 15 is 0 Å². The molecule has 302 valence electrons. The summed E-state index contributed by atoms with van der Waals surface area (Å²) in [5.41, 5.74) is 17.8. The number of nitrogens with zero attached hydrogens (tertiary/aromatic N) is 3. The van der Waals surface area contributed by atoms with Crippen LogP contribution in [0.4, 0.5) is 28.4 Å². The van der Waals surface area contributed by atoms with Crippen molar-refractivity contribution in [2.75, 3.05) is 9.80 Å². The summed E-state index contributed by atoms with van der Waals surface area (Å²) < 4.78 is 2.39. The molecular formula is C61H43N3. The topological polar surface area (TPSA) is 11.4 Å². The van der Waals surface area contributed by atoms with Crippen LogP contribution in [0.2, 0.25) is 0 Å². The summed E-state index contributed by atoms with van der Waals surface area (Å²) in [7, 11) is 0. The fourth-order valence-corrected chi connectivity index (χ4v) is 11.3. The normalized spacial score (nSPS) is 16.4. The van der Waals surface area contributed by atoms with Gasteiger partial charge in [-0.1, -0.05) is 170 Å². The molecule has 0 spiro atoms. The van der Waals surface area contributed by atoms with Crippen molar-refractivity contribution in [3.05, 3.63) is 277 Å². The van der Waals surface area contributed by atoms with Crippen LogP contribution in [-0.4, -0.2) is 10.6 Å². The lowest BCUT2D eigenvalue weighted by atomic mass is 9.67. The molecule has 3 nitrogen and oxygen atoms in total. The Balaban J connectivity index is 0.985. The molecule has 0 saturated carbocycles. The van der Waals surface area contributed by atoms with E-state index < -0.39 is 5.41 Å². The van der Waals surface area contributed by atoms with Crippen LogP contribution in [0.1, 0.15) is 33.7 Å². The van der Waals surface area contributed by atoms with Crippen LogP contribution in [0.15, 0.2) is 249 Å². The molecule has 0 fully saturated rings. The van der Waals surface area contributed by atoms with Crippen LogP contribution in [0.25, 0.3) is 38.6 Å². The number of hydrogen-bond donors (Lipinski definition) is 0. The lowest BCUT2D eigenvalue weighted by Gasteiger charge is -2.35. The van der Waals surface area contributed by atoms with Gasteiger partial charge in [0, 0.05) is 50.8 Å². The number of rotatable bonds is 7.